The minimum Gasteiger partial charge on any atom is -0.381 e. The van der Waals surface area contributed by atoms with Gasteiger partial charge in [-0.1, -0.05) is 31.2 Å². The molecule has 1 aromatic carbocycles. The average Bonchev–Trinajstić information content (AvgIpc) is 2.62. The summed E-state index contributed by atoms with van der Waals surface area (Å²) in [4.78, 5) is 15.1. The first-order valence-corrected chi connectivity index (χ1v) is 9.10. The molecule has 24 heavy (non-hydrogen) atoms. The summed E-state index contributed by atoms with van der Waals surface area (Å²) in [7, 11) is 0. The number of carbonyl (C=O) groups excluding carboxylic acids is 1. The molecule has 1 saturated heterocycles. The van der Waals surface area contributed by atoms with Gasteiger partial charge in [-0.15, -0.1) is 0 Å². The van der Waals surface area contributed by atoms with E-state index in [1.807, 2.05) is 26.0 Å². The molecule has 4 nitrogen and oxygen atoms in total. The molecule has 2 rings (SSSR count). The van der Waals surface area contributed by atoms with Crippen molar-refractivity contribution in [1.29, 1.82) is 0 Å². The van der Waals surface area contributed by atoms with Crippen molar-refractivity contribution in [3.63, 3.8) is 0 Å². The molecule has 0 bridgehead atoms. The maximum absolute atomic E-state index is 12.9. The molecule has 0 aromatic heterocycles. The number of Topliss-reactive ketones (excluding diaryl/α,β-unsaturated/α-hetero) is 1. The van der Waals surface area contributed by atoms with E-state index in [9.17, 15) is 4.79 Å². The molecule has 0 spiro atoms. The SMILES string of the molecule is CCCOCCCc1ccc(C(=O)C(C)(C)N2CCOCC2)cc1. The van der Waals surface area contributed by atoms with E-state index in [1.165, 1.54) is 5.56 Å². The Morgan fingerprint density at radius 1 is 1.17 bits per heavy atom. The van der Waals surface area contributed by atoms with Crippen molar-refractivity contribution in [2.24, 2.45) is 0 Å². The Morgan fingerprint density at radius 2 is 1.83 bits per heavy atom. The van der Waals surface area contributed by atoms with E-state index >= 15 is 0 Å². The van der Waals surface area contributed by atoms with Crippen LogP contribution in [0.15, 0.2) is 24.3 Å². The number of hydrogen-bond donors (Lipinski definition) is 0. The van der Waals surface area contributed by atoms with Gasteiger partial charge in [-0.3, -0.25) is 9.69 Å². The second-order valence-electron chi connectivity index (χ2n) is 6.90. The predicted molar refractivity (Wildman–Crippen MR) is 96.7 cm³/mol. The largest absolute Gasteiger partial charge is 0.381 e. The number of hydrogen-bond acceptors (Lipinski definition) is 4. The van der Waals surface area contributed by atoms with Crippen molar-refractivity contribution >= 4 is 5.78 Å². The molecule has 4 heteroatoms. The molecule has 0 atom stereocenters. The average molecular weight is 333 g/mol. The molecule has 1 fully saturated rings. The third-order valence-corrected chi connectivity index (χ3v) is 4.68. The molecule has 0 amide bonds. The normalized spacial score (nSPS) is 16.3. The molecule has 0 saturated carbocycles. The first kappa shape index (κ1) is 19.1. The summed E-state index contributed by atoms with van der Waals surface area (Å²) in [6.45, 7) is 10.8. The first-order valence-electron chi connectivity index (χ1n) is 9.10. The Hall–Kier alpha value is -1.23. The Balaban J connectivity index is 1.90. The van der Waals surface area contributed by atoms with Gasteiger partial charge >= 0.3 is 0 Å². The second-order valence-corrected chi connectivity index (χ2v) is 6.90. The molecule has 1 aliphatic heterocycles. The second kappa shape index (κ2) is 9.30. The van der Waals surface area contributed by atoms with Crippen LogP contribution < -0.4 is 0 Å². The fourth-order valence-electron chi connectivity index (χ4n) is 3.07. The van der Waals surface area contributed by atoms with Gasteiger partial charge in [0.1, 0.15) is 0 Å². The van der Waals surface area contributed by atoms with Gasteiger partial charge in [-0.2, -0.15) is 0 Å². The number of carbonyl (C=O) groups is 1. The monoisotopic (exact) mass is 333 g/mol. The maximum atomic E-state index is 12.9. The Kier molecular flexibility index (Phi) is 7.40. The smallest absolute Gasteiger partial charge is 0.182 e. The van der Waals surface area contributed by atoms with E-state index in [-0.39, 0.29) is 5.78 Å². The van der Waals surface area contributed by atoms with Crippen molar-refractivity contribution in [3.05, 3.63) is 35.4 Å². The minimum atomic E-state index is -0.487. The summed E-state index contributed by atoms with van der Waals surface area (Å²) < 4.78 is 10.9. The van der Waals surface area contributed by atoms with E-state index < -0.39 is 5.54 Å². The number of benzene rings is 1. The van der Waals surface area contributed by atoms with Crippen molar-refractivity contribution in [2.45, 2.75) is 45.6 Å². The standard InChI is InChI=1S/C20H31NO3/c1-4-13-23-14-5-6-17-7-9-18(10-8-17)19(22)20(2,3)21-11-15-24-16-12-21/h7-10H,4-6,11-16H2,1-3H3. The zero-order chi connectivity index (χ0) is 17.4. The van der Waals surface area contributed by atoms with Crippen LogP contribution in [0, 0.1) is 0 Å². The summed E-state index contributed by atoms with van der Waals surface area (Å²) in [5.74, 6) is 0.183. The van der Waals surface area contributed by atoms with Gasteiger partial charge in [0.25, 0.3) is 0 Å². The van der Waals surface area contributed by atoms with Crippen LogP contribution in [0.4, 0.5) is 0 Å². The molecule has 134 valence electrons. The Labute approximate surface area is 146 Å². The maximum Gasteiger partial charge on any atom is 0.182 e. The first-order chi connectivity index (χ1) is 11.6. The highest BCUT2D eigenvalue weighted by Gasteiger charge is 2.35. The molecule has 0 radical (unpaired) electrons. The molecule has 0 aliphatic carbocycles. The summed E-state index contributed by atoms with van der Waals surface area (Å²) in [5, 5.41) is 0. The fourth-order valence-corrected chi connectivity index (χ4v) is 3.07. The van der Waals surface area contributed by atoms with Gasteiger partial charge in [0.05, 0.1) is 18.8 Å². The van der Waals surface area contributed by atoms with E-state index in [4.69, 9.17) is 9.47 Å². The van der Waals surface area contributed by atoms with Crippen LogP contribution in [0.25, 0.3) is 0 Å². The molecule has 0 N–H and O–H groups in total. The van der Waals surface area contributed by atoms with Crippen LogP contribution in [-0.4, -0.2) is 55.7 Å². The minimum absolute atomic E-state index is 0.183. The summed E-state index contributed by atoms with van der Waals surface area (Å²) in [6, 6.07) is 8.07. The number of morpholine rings is 1. The van der Waals surface area contributed by atoms with Crippen LogP contribution in [0.1, 0.15) is 49.5 Å². The van der Waals surface area contributed by atoms with E-state index in [0.29, 0.717) is 13.2 Å². The number of aryl methyl sites for hydroxylation is 1. The zero-order valence-corrected chi connectivity index (χ0v) is 15.3. The summed E-state index contributed by atoms with van der Waals surface area (Å²) >= 11 is 0. The molecular weight excluding hydrogens is 302 g/mol. The van der Waals surface area contributed by atoms with E-state index in [2.05, 4.69) is 24.0 Å². The predicted octanol–water partition coefficient (Wildman–Crippen LogP) is 3.34. The van der Waals surface area contributed by atoms with Gasteiger partial charge in [-0.25, -0.2) is 0 Å². The van der Waals surface area contributed by atoms with Gasteiger partial charge in [0.15, 0.2) is 5.78 Å². The Morgan fingerprint density at radius 3 is 2.46 bits per heavy atom. The number of rotatable bonds is 9. The molecule has 0 unspecified atom stereocenters. The van der Waals surface area contributed by atoms with Crippen LogP contribution in [-0.2, 0) is 15.9 Å². The summed E-state index contributed by atoms with van der Waals surface area (Å²) in [6.07, 6.45) is 3.08. The van der Waals surface area contributed by atoms with Crippen molar-refractivity contribution in [1.82, 2.24) is 4.90 Å². The topological polar surface area (TPSA) is 38.8 Å². The van der Waals surface area contributed by atoms with Crippen LogP contribution in [0.5, 0.6) is 0 Å². The highest BCUT2D eigenvalue weighted by Crippen LogP contribution is 2.22. The third-order valence-electron chi connectivity index (χ3n) is 4.68. The van der Waals surface area contributed by atoms with Crippen molar-refractivity contribution in [2.75, 3.05) is 39.5 Å². The van der Waals surface area contributed by atoms with Gasteiger partial charge in [0, 0.05) is 31.9 Å². The highest BCUT2D eigenvalue weighted by atomic mass is 16.5. The summed E-state index contributed by atoms with van der Waals surface area (Å²) in [5.41, 5.74) is 1.56. The third kappa shape index (κ3) is 5.13. The number of ketones is 1. The fraction of sp³-hybridized carbons (Fsp3) is 0.650. The molecule has 1 heterocycles. The lowest BCUT2D eigenvalue weighted by atomic mass is 9.90. The number of nitrogens with zero attached hydrogens (tertiary/aromatic N) is 1. The van der Waals surface area contributed by atoms with E-state index in [0.717, 1.165) is 51.1 Å². The number of ether oxygens (including phenoxy) is 2. The molecular formula is C20H31NO3. The Bertz CT molecular complexity index is 504. The lowest BCUT2D eigenvalue weighted by Gasteiger charge is -2.39. The molecule has 1 aromatic rings. The highest BCUT2D eigenvalue weighted by molar-refractivity contribution is 6.02. The lowest BCUT2D eigenvalue weighted by molar-refractivity contribution is -0.00429. The van der Waals surface area contributed by atoms with Crippen LogP contribution in [0.2, 0.25) is 0 Å². The van der Waals surface area contributed by atoms with Crippen molar-refractivity contribution in [3.8, 4) is 0 Å². The van der Waals surface area contributed by atoms with E-state index in [1.54, 1.807) is 0 Å². The quantitative estimate of drug-likeness (QED) is 0.513. The van der Waals surface area contributed by atoms with Crippen molar-refractivity contribution < 1.29 is 14.3 Å². The van der Waals surface area contributed by atoms with Gasteiger partial charge in [0.2, 0.25) is 0 Å². The van der Waals surface area contributed by atoms with Crippen LogP contribution >= 0.6 is 0 Å². The zero-order valence-electron chi connectivity index (χ0n) is 15.3. The van der Waals surface area contributed by atoms with Gasteiger partial charge in [-0.05, 0) is 38.7 Å². The van der Waals surface area contributed by atoms with Gasteiger partial charge < -0.3 is 9.47 Å². The molecule has 1 aliphatic rings. The van der Waals surface area contributed by atoms with Crippen LogP contribution in [0.3, 0.4) is 0 Å². The lowest BCUT2D eigenvalue weighted by Crippen LogP contribution is -2.54.